The second-order valence-electron chi connectivity index (χ2n) is 7.77. The van der Waals surface area contributed by atoms with Crippen molar-refractivity contribution in [2.75, 3.05) is 26.5 Å². The Balaban J connectivity index is 1.95. The molecular weight excluding hydrogens is 454 g/mol. The van der Waals surface area contributed by atoms with Crippen LogP contribution in [0, 0.1) is 0 Å². The molecule has 2 aromatic carbocycles. The first-order valence-electron chi connectivity index (χ1n) is 9.96. The van der Waals surface area contributed by atoms with E-state index in [0.29, 0.717) is 28.7 Å². The Labute approximate surface area is 194 Å². The highest BCUT2D eigenvalue weighted by atomic mass is 35.5. The Kier molecular flexibility index (Phi) is 7.05. The van der Waals surface area contributed by atoms with Crippen LogP contribution < -0.4 is 5.32 Å². The molecule has 0 bridgehead atoms. The van der Waals surface area contributed by atoms with Crippen molar-refractivity contribution < 1.29 is 13.2 Å². The Morgan fingerprint density at radius 1 is 1.10 bits per heavy atom. The molecule has 1 atom stereocenters. The lowest BCUT2D eigenvalue weighted by atomic mass is 9.74. The molecule has 0 saturated heterocycles. The van der Waals surface area contributed by atoms with E-state index in [2.05, 4.69) is 5.32 Å². The zero-order valence-corrected chi connectivity index (χ0v) is 20.1. The van der Waals surface area contributed by atoms with Crippen molar-refractivity contribution in [3.05, 3.63) is 59.1 Å². The highest BCUT2D eigenvalue weighted by molar-refractivity contribution is 7.89. The summed E-state index contributed by atoms with van der Waals surface area (Å²) in [5.41, 5.74) is 0.294. The molecule has 31 heavy (non-hydrogen) atoms. The molecule has 0 radical (unpaired) electrons. The molecule has 0 aromatic heterocycles. The van der Waals surface area contributed by atoms with Crippen molar-refractivity contribution in [3.8, 4) is 0 Å². The molecule has 2 aromatic rings. The Hall–Kier alpha value is -2.00. The van der Waals surface area contributed by atoms with Crippen LogP contribution in [-0.2, 0) is 20.4 Å². The molecule has 1 fully saturated rings. The number of anilines is 1. The molecule has 0 spiro atoms. The summed E-state index contributed by atoms with van der Waals surface area (Å²) in [6.45, 7) is 0. The predicted octanol–water partition coefficient (Wildman–Crippen LogP) is 4.26. The molecule has 1 saturated carbocycles. The van der Waals surface area contributed by atoms with Crippen LogP contribution in [0.4, 0.5) is 5.69 Å². The number of ketones is 1. The van der Waals surface area contributed by atoms with E-state index in [4.69, 9.17) is 23.8 Å². The minimum absolute atomic E-state index is 0.0717. The Bertz CT molecular complexity index is 1100. The van der Waals surface area contributed by atoms with Gasteiger partial charge in [0.25, 0.3) is 0 Å². The third kappa shape index (κ3) is 4.48. The highest BCUT2D eigenvalue weighted by Gasteiger charge is 2.47. The van der Waals surface area contributed by atoms with Gasteiger partial charge in [-0.05, 0) is 55.7 Å². The second kappa shape index (κ2) is 9.24. The van der Waals surface area contributed by atoms with E-state index in [-0.39, 0.29) is 10.7 Å². The first-order chi connectivity index (χ1) is 14.6. The van der Waals surface area contributed by atoms with E-state index in [1.165, 1.54) is 26.2 Å². The SMILES string of the molecule is CN(C(=S)Nc1cccc(S(=O)(=O)N(C)C)c1)[C@@]1(c2ccccc2Cl)CCCCC1=O. The van der Waals surface area contributed by atoms with Gasteiger partial charge in [0.1, 0.15) is 5.54 Å². The molecular formula is C22H26ClN3O3S2. The number of nitrogens with one attached hydrogen (secondary N) is 1. The molecule has 0 heterocycles. The zero-order chi connectivity index (χ0) is 22.8. The molecule has 9 heteroatoms. The van der Waals surface area contributed by atoms with Crippen molar-refractivity contribution in [2.45, 2.75) is 36.1 Å². The summed E-state index contributed by atoms with van der Waals surface area (Å²) in [6, 6.07) is 13.8. The predicted molar refractivity (Wildman–Crippen MR) is 128 cm³/mol. The lowest BCUT2D eigenvalue weighted by Gasteiger charge is -2.45. The number of halogens is 1. The van der Waals surface area contributed by atoms with Gasteiger partial charge in [-0.15, -0.1) is 0 Å². The van der Waals surface area contributed by atoms with E-state index in [1.54, 1.807) is 30.1 Å². The minimum atomic E-state index is -3.58. The average Bonchev–Trinajstić information content (AvgIpc) is 2.74. The number of sulfonamides is 1. The van der Waals surface area contributed by atoms with Crippen LogP contribution in [0.25, 0.3) is 0 Å². The Morgan fingerprint density at radius 3 is 2.45 bits per heavy atom. The third-order valence-electron chi connectivity index (χ3n) is 5.71. The summed E-state index contributed by atoms with van der Waals surface area (Å²) >= 11 is 12.2. The average molecular weight is 480 g/mol. The van der Waals surface area contributed by atoms with E-state index in [9.17, 15) is 13.2 Å². The molecule has 1 N–H and O–H groups in total. The van der Waals surface area contributed by atoms with Gasteiger partial charge in [-0.1, -0.05) is 35.9 Å². The molecule has 166 valence electrons. The van der Waals surface area contributed by atoms with Crippen molar-refractivity contribution in [1.82, 2.24) is 9.21 Å². The topological polar surface area (TPSA) is 69.7 Å². The Morgan fingerprint density at radius 2 is 1.81 bits per heavy atom. The summed E-state index contributed by atoms with van der Waals surface area (Å²) in [6.07, 6.45) is 2.77. The van der Waals surface area contributed by atoms with Gasteiger partial charge in [-0.2, -0.15) is 0 Å². The lowest BCUT2D eigenvalue weighted by Crippen LogP contribution is -2.55. The van der Waals surface area contributed by atoms with Crippen LogP contribution in [0.3, 0.4) is 0 Å². The monoisotopic (exact) mass is 479 g/mol. The van der Waals surface area contributed by atoms with Gasteiger partial charge in [0, 0.05) is 43.8 Å². The fourth-order valence-corrected chi connectivity index (χ4v) is 5.47. The number of benzene rings is 2. The van der Waals surface area contributed by atoms with Crippen molar-refractivity contribution in [1.29, 1.82) is 0 Å². The van der Waals surface area contributed by atoms with Crippen LogP contribution >= 0.6 is 23.8 Å². The maximum Gasteiger partial charge on any atom is 0.242 e. The van der Waals surface area contributed by atoms with Gasteiger partial charge in [-0.25, -0.2) is 12.7 Å². The van der Waals surface area contributed by atoms with Crippen LogP contribution in [0.2, 0.25) is 5.02 Å². The first kappa shape index (κ1) is 23.7. The summed E-state index contributed by atoms with van der Waals surface area (Å²) in [5.74, 6) is 0.0717. The summed E-state index contributed by atoms with van der Waals surface area (Å²) < 4.78 is 26.1. The smallest absolute Gasteiger partial charge is 0.242 e. The van der Waals surface area contributed by atoms with E-state index in [0.717, 1.165) is 22.7 Å². The number of likely N-dealkylation sites (N-methyl/N-ethyl adjacent to an activating group) is 1. The van der Waals surface area contributed by atoms with Gasteiger partial charge >= 0.3 is 0 Å². The summed E-state index contributed by atoms with van der Waals surface area (Å²) in [5, 5.41) is 3.94. The van der Waals surface area contributed by atoms with E-state index >= 15 is 0 Å². The van der Waals surface area contributed by atoms with E-state index in [1.807, 2.05) is 18.2 Å². The van der Waals surface area contributed by atoms with Gasteiger partial charge in [0.2, 0.25) is 10.0 Å². The van der Waals surface area contributed by atoms with Crippen molar-refractivity contribution >= 4 is 50.4 Å². The second-order valence-corrected chi connectivity index (χ2v) is 10.7. The molecule has 1 aliphatic rings. The van der Waals surface area contributed by atoms with Crippen LogP contribution in [-0.4, -0.2) is 49.7 Å². The molecule has 0 aliphatic heterocycles. The number of thiocarbonyl (C=S) groups is 1. The van der Waals surface area contributed by atoms with Crippen LogP contribution in [0.1, 0.15) is 31.2 Å². The largest absolute Gasteiger partial charge is 0.335 e. The maximum atomic E-state index is 13.3. The molecule has 0 amide bonds. The quantitative estimate of drug-likeness (QED) is 0.646. The number of nitrogens with zero attached hydrogens (tertiary/aromatic N) is 2. The van der Waals surface area contributed by atoms with Gasteiger partial charge < -0.3 is 10.2 Å². The molecule has 1 aliphatic carbocycles. The summed E-state index contributed by atoms with van der Waals surface area (Å²) in [4.78, 5) is 15.2. The zero-order valence-electron chi connectivity index (χ0n) is 17.8. The number of Topliss-reactive ketones (excluding diaryl/α,β-unsaturated/α-hetero) is 1. The molecule has 6 nitrogen and oxygen atoms in total. The molecule has 0 unspecified atom stereocenters. The van der Waals surface area contributed by atoms with Crippen molar-refractivity contribution in [3.63, 3.8) is 0 Å². The van der Waals surface area contributed by atoms with Crippen LogP contribution in [0.5, 0.6) is 0 Å². The maximum absolute atomic E-state index is 13.3. The highest BCUT2D eigenvalue weighted by Crippen LogP contribution is 2.42. The fourth-order valence-electron chi connectivity index (χ4n) is 3.96. The first-order valence-corrected chi connectivity index (χ1v) is 12.2. The third-order valence-corrected chi connectivity index (χ3v) is 8.23. The van der Waals surface area contributed by atoms with Gasteiger partial charge in [0.15, 0.2) is 10.9 Å². The number of rotatable bonds is 5. The standard InChI is InChI=1S/C22H26ClN3O3S2/c1-25(2)31(28,29)17-10-8-9-16(15-17)24-21(30)26(3)22(14-7-6-13-20(22)27)18-11-4-5-12-19(18)23/h4-5,8-12,15H,6-7,13-14H2,1-3H3,(H,24,30)/t22-/m1/s1. The lowest BCUT2D eigenvalue weighted by molar-refractivity contribution is -0.131. The van der Waals surface area contributed by atoms with Crippen molar-refractivity contribution in [2.24, 2.45) is 0 Å². The normalized spacial score (nSPS) is 19.3. The minimum Gasteiger partial charge on any atom is -0.335 e. The number of hydrogen-bond acceptors (Lipinski definition) is 4. The number of hydrogen-bond donors (Lipinski definition) is 1. The molecule has 3 rings (SSSR count). The van der Waals surface area contributed by atoms with Gasteiger partial charge in [-0.3, -0.25) is 4.79 Å². The number of carbonyl (C=O) groups excluding carboxylic acids is 1. The summed E-state index contributed by atoms with van der Waals surface area (Å²) in [7, 11) is 1.16. The van der Waals surface area contributed by atoms with E-state index < -0.39 is 15.6 Å². The fraction of sp³-hybridized carbons (Fsp3) is 0.364. The van der Waals surface area contributed by atoms with Gasteiger partial charge in [0.05, 0.1) is 4.90 Å². The number of carbonyl (C=O) groups is 1. The van der Waals surface area contributed by atoms with Crippen LogP contribution in [0.15, 0.2) is 53.4 Å².